The van der Waals surface area contributed by atoms with Gasteiger partial charge in [0.2, 0.25) is 0 Å². The third-order valence-corrected chi connectivity index (χ3v) is 6.58. The summed E-state index contributed by atoms with van der Waals surface area (Å²) in [4.78, 5) is 0. The van der Waals surface area contributed by atoms with Gasteiger partial charge in [0.15, 0.2) is 11.5 Å². The molecule has 3 nitrogen and oxygen atoms in total. The summed E-state index contributed by atoms with van der Waals surface area (Å²) in [6, 6.07) is 8.95. The molecule has 2 aromatic rings. The van der Waals surface area contributed by atoms with E-state index in [9.17, 15) is 4.39 Å². The zero-order valence-electron chi connectivity index (χ0n) is 16.8. The van der Waals surface area contributed by atoms with Gasteiger partial charge in [0.1, 0.15) is 12.4 Å². The molecule has 0 heterocycles. The molecule has 1 fully saturated rings. The van der Waals surface area contributed by atoms with Crippen molar-refractivity contribution in [3.63, 3.8) is 0 Å². The topological polar surface area (TPSA) is 30.5 Å². The fourth-order valence-electron chi connectivity index (χ4n) is 3.79. The monoisotopic (exact) mass is 483 g/mol. The van der Waals surface area contributed by atoms with Crippen LogP contribution in [-0.4, -0.2) is 13.2 Å². The zero-order chi connectivity index (χ0) is 20.6. The van der Waals surface area contributed by atoms with Gasteiger partial charge in [0.25, 0.3) is 0 Å². The minimum Gasteiger partial charge on any atom is -0.493 e. The molecular formula is C23H28BrClFNO2. The molecule has 1 aliphatic rings. The van der Waals surface area contributed by atoms with Gasteiger partial charge >= 0.3 is 0 Å². The van der Waals surface area contributed by atoms with E-state index in [-0.39, 0.29) is 12.4 Å². The minimum absolute atomic E-state index is 0.0365. The summed E-state index contributed by atoms with van der Waals surface area (Å²) in [5, 5.41) is 4.05. The standard InChI is InChI=1S/C23H28BrClFNO2/c1-28-22-13-12-19(24)17(14-27-16-8-5-3-2-4-6-9-16)23(22)29-15-18-20(25)10-7-11-21(18)26/h7,10-13,16,27H,2-6,8-9,14-15H2,1H3. The van der Waals surface area contributed by atoms with Crippen LogP contribution in [0.3, 0.4) is 0 Å². The largest absolute Gasteiger partial charge is 0.493 e. The van der Waals surface area contributed by atoms with Crippen LogP contribution in [0.25, 0.3) is 0 Å². The molecule has 1 aliphatic carbocycles. The van der Waals surface area contributed by atoms with Gasteiger partial charge in [-0.1, -0.05) is 65.7 Å². The smallest absolute Gasteiger partial charge is 0.167 e. The zero-order valence-corrected chi connectivity index (χ0v) is 19.1. The first-order valence-corrected chi connectivity index (χ1v) is 11.4. The molecule has 3 rings (SSSR count). The maximum Gasteiger partial charge on any atom is 0.167 e. The van der Waals surface area contributed by atoms with E-state index in [0.29, 0.717) is 34.7 Å². The van der Waals surface area contributed by atoms with E-state index in [1.54, 1.807) is 19.2 Å². The van der Waals surface area contributed by atoms with Crippen molar-refractivity contribution in [1.82, 2.24) is 5.32 Å². The van der Waals surface area contributed by atoms with E-state index >= 15 is 0 Å². The number of benzene rings is 2. The van der Waals surface area contributed by atoms with Gasteiger partial charge in [0, 0.05) is 28.2 Å². The van der Waals surface area contributed by atoms with E-state index in [1.807, 2.05) is 12.1 Å². The van der Waals surface area contributed by atoms with Crippen molar-refractivity contribution >= 4 is 27.5 Å². The van der Waals surface area contributed by atoms with Crippen molar-refractivity contribution in [2.24, 2.45) is 0 Å². The van der Waals surface area contributed by atoms with Crippen LogP contribution in [0.4, 0.5) is 4.39 Å². The summed E-state index contributed by atoms with van der Waals surface area (Å²) in [5.74, 6) is 0.857. The number of methoxy groups -OCH3 is 1. The molecule has 0 unspecified atom stereocenters. The van der Waals surface area contributed by atoms with Gasteiger partial charge in [-0.25, -0.2) is 4.39 Å². The average Bonchev–Trinajstić information content (AvgIpc) is 2.68. The second-order valence-corrected chi connectivity index (χ2v) is 8.73. The number of hydrogen-bond donors (Lipinski definition) is 1. The lowest BCUT2D eigenvalue weighted by atomic mass is 9.96. The van der Waals surface area contributed by atoms with Crippen LogP contribution in [0.1, 0.15) is 56.1 Å². The molecule has 0 bridgehead atoms. The lowest BCUT2D eigenvalue weighted by molar-refractivity contribution is 0.274. The minimum atomic E-state index is -0.374. The summed E-state index contributed by atoms with van der Waals surface area (Å²) in [5.41, 5.74) is 1.31. The van der Waals surface area contributed by atoms with E-state index in [0.717, 1.165) is 10.0 Å². The molecule has 1 saturated carbocycles. The Balaban J connectivity index is 1.77. The summed E-state index contributed by atoms with van der Waals surface area (Å²) >= 11 is 9.80. The first-order chi connectivity index (χ1) is 14.1. The van der Waals surface area contributed by atoms with Crippen LogP contribution in [0.15, 0.2) is 34.8 Å². The summed E-state index contributed by atoms with van der Waals surface area (Å²) in [6.45, 7) is 0.692. The highest BCUT2D eigenvalue weighted by Crippen LogP contribution is 2.37. The lowest BCUT2D eigenvalue weighted by Gasteiger charge is -2.23. The first kappa shape index (κ1) is 22.4. The predicted octanol–water partition coefficient (Wildman–Crippen LogP) is 7.03. The van der Waals surface area contributed by atoms with Crippen molar-refractivity contribution in [2.75, 3.05) is 7.11 Å². The molecule has 158 valence electrons. The number of halogens is 3. The van der Waals surface area contributed by atoms with E-state index in [2.05, 4.69) is 21.2 Å². The second-order valence-electron chi connectivity index (χ2n) is 7.47. The normalized spacial score (nSPS) is 15.6. The third-order valence-electron chi connectivity index (χ3n) is 5.48. The van der Waals surface area contributed by atoms with Gasteiger partial charge in [-0.05, 0) is 37.1 Å². The fourth-order valence-corrected chi connectivity index (χ4v) is 4.46. The average molecular weight is 485 g/mol. The number of hydrogen-bond acceptors (Lipinski definition) is 3. The van der Waals surface area contributed by atoms with E-state index in [4.69, 9.17) is 21.1 Å². The SMILES string of the molecule is COc1ccc(Br)c(CNC2CCCCCCC2)c1OCc1c(F)cccc1Cl. The molecule has 1 N–H and O–H groups in total. The van der Waals surface area contributed by atoms with Crippen LogP contribution in [-0.2, 0) is 13.2 Å². The van der Waals surface area contributed by atoms with Gasteiger partial charge in [-0.2, -0.15) is 0 Å². The Kier molecular flexibility index (Phi) is 8.64. The summed E-state index contributed by atoms with van der Waals surface area (Å²) in [6.07, 6.45) is 8.92. The molecule has 6 heteroatoms. The van der Waals surface area contributed by atoms with Crippen molar-refractivity contribution < 1.29 is 13.9 Å². The molecule has 0 aliphatic heterocycles. The number of ether oxygens (including phenoxy) is 2. The van der Waals surface area contributed by atoms with Crippen LogP contribution >= 0.6 is 27.5 Å². The quantitative estimate of drug-likeness (QED) is 0.457. The predicted molar refractivity (Wildman–Crippen MR) is 119 cm³/mol. The Morgan fingerprint density at radius 2 is 1.79 bits per heavy atom. The molecule has 0 radical (unpaired) electrons. The number of nitrogens with one attached hydrogen (secondary N) is 1. The van der Waals surface area contributed by atoms with Gasteiger partial charge in [-0.15, -0.1) is 0 Å². The molecule has 0 atom stereocenters. The molecule has 29 heavy (non-hydrogen) atoms. The van der Waals surface area contributed by atoms with E-state index < -0.39 is 0 Å². The lowest BCUT2D eigenvalue weighted by Crippen LogP contribution is -2.29. The molecule has 0 saturated heterocycles. The molecule has 0 amide bonds. The van der Waals surface area contributed by atoms with Crippen molar-refractivity contribution in [1.29, 1.82) is 0 Å². The Morgan fingerprint density at radius 3 is 2.48 bits per heavy atom. The van der Waals surface area contributed by atoms with E-state index in [1.165, 1.54) is 51.0 Å². The highest BCUT2D eigenvalue weighted by atomic mass is 79.9. The maximum atomic E-state index is 14.2. The Labute approximate surface area is 186 Å². The van der Waals surface area contributed by atoms with Crippen molar-refractivity contribution in [3.05, 3.63) is 56.8 Å². The molecule has 0 aromatic heterocycles. The van der Waals surface area contributed by atoms with Gasteiger partial charge in [0.05, 0.1) is 12.1 Å². The fraction of sp³-hybridized carbons (Fsp3) is 0.478. The molecular weight excluding hydrogens is 457 g/mol. The highest BCUT2D eigenvalue weighted by molar-refractivity contribution is 9.10. The van der Waals surface area contributed by atoms with Crippen LogP contribution in [0, 0.1) is 5.82 Å². The Bertz CT molecular complexity index is 789. The second kappa shape index (κ2) is 11.2. The third kappa shape index (κ3) is 6.09. The summed E-state index contributed by atoms with van der Waals surface area (Å²) < 4.78 is 26.7. The van der Waals surface area contributed by atoms with Gasteiger partial charge in [-0.3, -0.25) is 0 Å². The Morgan fingerprint density at radius 1 is 1.07 bits per heavy atom. The van der Waals surface area contributed by atoms with Crippen molar-refractivity contribution in [3.8, 4) is 11.5 Å². The molecule has 0 spiro atoms. The number of rotatable bonds is 7. The van der Waals surface area contributed by atoms with Crippen LogP contribution in [0.5, 0.6) is 11.5 Å². The maximum absolute atomic E-state index is 14.2. The van der Waals surface area contributed by atoms with Crippen LogP contribution in [0.2, 0.25) is 5.02 Å². The highest BCUT2D eigenvalue weighted by Gasteiger charge is 2.18. The summed E-state index contributed by atoms with van der Waals surface area (Å²) in [7, 11) is 1.61. The van der Waals surface area contributed by atoms with Crippen molar-refractivity contribution in [2.45, 2.75) is 64.1 Å². The Hall–Kier alpha value is -1.30. The first-order valence-electron chi connectivity index (χ1n) is 10.2. The molecule has 2 aromatic carbocycles. The van der Waals surface area contributed by atoms with Crippen LogP contribution < -0.4 is 14.8 Å². The van der Waals surface area contributed by atoms with Gasteiger partial charge < -0.3 is 14.8 Å².